The van der Waals surface area contributed by atoms with Crippen molar-refractivity contribution in [2.45, 2.75) is 53.8 Å². The molecule has 1 heterocycles. The van der Waals surface area contributed by atoms with Crippen molar-refractivity contribution in [2.75, 3.05) is 6.54 Å². The number of nitrogens with zero attached hydrogens (tertiary/aromatic N) is 2. The minimum Gasteiger partial charge on any atom is -0.491 e. The van der Waals surface area contributed by atoms with Crippen LogP contribution >= 0.6 is 24.0 Å². The molecule has 0 bridgehead atoms. The van der Waals surface area contributed by atoms with Gasteiger partial charge in [-0.3, -0.25) is 0 Å². The molecule has 2 rings (SSSR count). The average Bonchev–Trinajstić information content (AvgIpc) is 2.88. The van der Waals surface area contributed by atoms with Crippen molar-refractivity contribution in [3.63, 3.8) is 0 Å². The van der Waals surface area contributed by atoms with Gasteiger partial charge in [-0.2, -0.15) is 0 Å². The highest BCUT2D eigenvalue weighted by Gasteiger charge is 2.06. The maximum atomic E-state index is 5.73. The molecule has 0 aliphatic rings. The third-order valence-corrected chi connectivity index (χ3v) is 3.51. The predicted octanol–water partition coefficient (Wildman–Crippen LogP) is 3.95. The minimum atomic E-state index is 0. The smallest absolute Gasteiger partial charge is 0.214 e. The number of ether oxygens (including phenoxy) is 1. The van der Waals surface area contributed by atoms with Crippen LogP contribution in [0.5, 0.6) is 5.75 Å². The molecule has 0 radical (unpaired) electrons. The Hall–Kier alpha value is -1.77. The molecule has 26 heavy (non-hydrogen) atoms. The van der Waals surface area contributed by atoms with E-state index in [1.54, 1.807) is 0 Å². The molecule has 1 aromatic carbocycles. The van der Waals surface area contributed by atoms with Gasteiger partial charge >= 0.3 is 0 Å². The number of aliphatic imine (C=N–C) groups is 1. The molecule has 0 atom stereocenters. The first kappa shape index (κ1) is 22.3. The van der Waals surface area contributed by atoms with Gasteiger partial charge in [0.15, 0.2) is 5.96 Å². The van der Waals surface area contributed by atoms with Crippen molar-refractivity contribution in [2.24, 2.45) is 4.99 Å². The maximum Gasteiger partial charge on any atom is 0.214 e. The average molecular weight is 472 g/mol. The lowest BCUT2D eigenvalue weighted by Crippen LogP contribution is -2.36. The topological polar surface area (TPSA) is 71.7 Å². The van der Waals surface area contributed by atoms with Crippen LogP contribution in [0.2, 0.25) is 0 Å². The molecule has 0 unspecified atom stereocenters. The highest BCUT2D eigenvalue weighted by atomic mass is 127. The number of rotatable bonds is 7. The van der Waals surface area contributed by atoms with E-state index in [0.717, 1.165) is 35.3 Å². The molecule has 0 saturated heterocycles. The Balaban J connectivity index is 0.00000338. The van der Waals surface area contributed by atoms with E-state index in [-0.39, 0.29) is 30.1 Å². The molecule has 0 aliphatic heterocycles. The second kappa shape index (κ2) is 11.1. The number of aromatic nitrogens is 1. The van der Waals surface area contributed by atoms with E-state index < -0.39 is 0 Å². The third kappa shape index (κ3) is 7.23. The van der Waals surface area contributed by atoms with Gasteiger partial charge in [-0.25, -0.2) is 9.98 Å². The van der Waals surface area contributed by atoms with E-state index in [4.69, 9.17) is 9.15 Å². The molecular weight excluding hydrogens is 443 g/mol. The van der Waals surface area contributed by atoms with Crippen LogP contribution < -0.4 is 15.4 Å². The number of hydrogen-bond donors (Lipinski definition) is 2. The standard InChI is InChI=1S/C19H28N4O2.HI/c1-6-20-19(22-12-18-23-14(4)15(5)25-18)21-11-16-8-7-9-17(10-16)24-13(2)3;/h7-10,13H,6,11-12H2,1-5H3,(H2,20,21,22);1H. The molecule has 2 N–H and O–H groups in total. The summed E-state index contributed by atoms with van der Waals surface area (Å²) < 4.78 is 11.3. The van der Waals surface area contributed by atoms with E-state index in [1.165, 1.54) is 0 Å². The number of halogens is 1. The molecule has 6 nitrogen and oxygen atoms in total. The fraction of sp³-hybridized carbons (Fsp3) is 0.474. The Morgan fingerprint density at radius 2 is 2.04 bits per heavy atom. The minimum absolute atomic E-state index is 0. The lowest BCUT2D eigenvalue weighted by Gasteiger charge is -2.11. The van der Waals surface area contributed by atoms with Gasteiger partial charge in [0.25, 0.3) is 0 Å². The lowest BCUT2D eigenvalue weighted by molar-refractivity contribution is 0.242. The largest absolute Gasteiger partial charge is 0.491 e. The van der Waals surface area contributed by atoms with Crippen molar-refractivity contribution in [1.29, 1.82) is 0 Å². The van der Waals surface area contributed by atoms with Crippen LogP contribution in [-0.4, -0.2) is 23.6 Å². The van der Waals surface area contributed by atoms with Crippen LogP contribution in [-0.2, 0) is 13.1 Å². The molecular formula is C19H29IN4O2. The molecule has 1 aromatic heterocycles. The molecule has 0 amide bonds. The lowest BCUT2D eigenvalue weighted by atomic mass is 10.2. The molecule has 2 aromatic rings. The zero-order valence-corrected chi connectivity index (χ0v) is 18.5. The van der Waals surface area contributed by atoms with Crippen LogP contribution in [0.3, 0.4) is 0 Å². The van der Waals surface area contributed by atoms with E-state index in [1.807, 2.05) is 58.9 Å². The summed E-state index contributed by atoms with van der Waals surface area (Å²) in [4.78, 5) is 8.99. The van der Waals surface area contributed by atoms with E-state index in [2.05, 4.69) is 20.6 Å². The van der Waals surface area contributed by atoms with Gasteiger partial charge in [0.2, 0.25) is 5.89 Å². The van der Waals surface area contributed by atoms with E-state index >= 15 is 0 Å². The number of oxazole rings is 1. The van der Waals surface area contributed by atoms with Gasteiger partial charge in [-0.05, 0) is 52.3 Å². The summed E-state index contributed by atoms with van der Waals surface area (Å²) in [6.07, 6.45) is 0.158. The van der Waals surface area contributed by atoms with Crippen LogP contribution in [0.1, 0.15) is 43.7 Å². The number of hydrogen-bond acceptors (Lipinski definition) is 4. The first-order valence-electron chi connectivity index (χ1n) is 8.68. The Morgan fingerprint density at radius 3 is 2.65 bits per heavy atom. The maximum absolute atomic E-state index is 5.73. The Kier molecular flexibility index (Phi) is 9.47. The van der Waals surface area contributed by atoms with Crippen LogP contribution in [0, 0.1) is 13.8 Å². The molecule has 0 saturated carbocycles. The number of guanidine groups is 1. The predicted molar refractivity (Wildman–Crippen MR) is 115 cm³/mol. The fourth-order valence-electron chi connectivity index (χ4n) is 2.28. The van der Waals surface area contributed by atoms with Crippen molar-refractivity contribution in [1.82, 2.24) is 15.6 Å². The highest BCUT2D eigenvalue weighted by Crippen LogP contribution is 2.15. The Labute approximate surface area is 172 Å². The summed E-state index contributed by atoms with van der Waals surface area (Å²) in [5.41, 5.74) is 2.01. The summed E-state index contributed by atoms with van der Waals surface area (Å²) in [6.45, 7) is 11.8. The van der Waals surface area contributed by atoms with Gasteiger partial charge in [0.05, 0.1) is 24.9 Å². The second-order valence-corrected chi connectivity index (χ2v) is 6.11. The molecule has 0 fully saturated rings. The SMILES string of the molecule is CCNC(=NCc1cccc(OC(C)C)c1)NCc1nc(C)c(C)o1.I. The summed E-state index contributed by atoms with van der Waals surface area (Å²) >= 11 is 0. The summed E-state index contributed by atoms with van der Waals surface area (Å²) in [6, 6.07) is 8.01. The molecule has 0 spiro atoms. The fourth-order valence-corrected chi connectivity index (χ4v) is 2.28. The van der Waals surface area contributed by atoms with E-state index in [9.17, 15) is 0 Å². The summed E-state index contributed by atoms with van der Waals surface area (Å²) in [5.74, 6) is 3.10. The summed E-state index contributed by atoms with van der Waals surface area (Å²) in [5, 5.41) is 6.48. The first-order chi connectivity index (χ1) is 12.0. The number of benzene rings is 1. The van der Waals surface area contributed by atoms with E-state index in [0.29, 0.717) is 19.0 Å². The number of nitrogens with one attached hydrogen (secondary N) is 2. The van der Waals surface area contributed by atoms with Crippen molar-refractivity contribution >= 4 is 29.9 Å². The summed E-state index contributed by atoms with van der Waals surface area (Å²) in [7, 11) is 0. The third-order valence-electron chi connectivity index (χ3n) is 3.51. The van der Waals surface area contributed by atoms with Gasteiger partial charge in [-0.1, -0.05) is 12.1 Å². The van der Waals surface area contributed by atoms with Gasteiger partial charge in [-0.15, -0.1) is 24.0 Å². The van der Waals surface area contributed by atoms with Crippen LogP contribution in [0.25, 0.3) is 0 Å². The monoisotopic (exact) mass is 472 g/mol. The Morgan fingerprint density at radius 1 is 1.27 bits per heavy atom. The normalized spacial score (nSPS) is 11.2. The van der Waals surface area contributed by atoms with Crippen molar-refractivity contribution in [3.8, 4) is 5.75 Å². The zero-order valence-electron chi connectivity index (χ0n) is 16.1. The molecule has 144 valence electrons. The quantitative estimate of drug-likeness (QED) is 0.363. The highest BCUT2D eigenvalue weighted by molar-refractivity contribution is 14.0. The first-order valence-corrected chi connectivity index (χ1v) is 8.68. The Bertz CT molecular complexity index is 694. The van der Waals surface area contributed by atoms with Gasteiger partial charge in [0.1, 0.15) is 11.5 Å². The number of aryl methyl sites for hydroxylation is 2. The second-order valence-electron chi connectivity index (χ2n) is 6.11. The van der Waals surface area contributed by atoms with Gasteiger partial charge < -0.3 is 19.8 Å². The zero-order chi connectivity index (χ0) is 18.2. The van der Waals surface area contributed by atoms with Crippen molar-refractivity contribution < 1.29 is 9.15 Å². The van der Waals surface area contributed by atoms with Crippen LogP contribution in [0.15, 0.2) is 33.7 Å². The molecule has 0 aliphatic carbocycles. The van der Waals surface area contributed by atoms with Crippen LogP contribution in [0.4, 0.5) is 0 Å². The van der Waals surface area contributed by atoms with Crippen molar-refractivity contribution in [3.05, 3.63) is 47.2 Å². The van der Waals surface area contributed by atoms with Gasteiger partial charge in [0, 0.05) is 6.54 Å². The molecule has 7 heteroatoms.